The van der Waals surface area contributed by atoms with Crippen LogP contribution in [0, 0.1) is 23.7 Å². The number of hydrogen-bond acceptors (Lipinski definition) is 12. The van der Waals surface area contributed by atoms with E-state index in [2.05, 4.69) is 34.6 Å². The second kappa shape index (κ2) is 22.6. The van der Waals surface area contributed by atoms with Gasteiger partial charge in [0.15, 0.2) is 31.3 Å². The normalized spacial score (nSPS) is 34.9. The van der Waals surface area contributed by atoms with Gasteiger partial charge in [0, 0.05) is 24.3 Å². The quantitative estimate of drug-likeness (QED) is 0.0942. The van der Waals surface area contributed by atoms with Gasteiger partial charge in [-0.3, -0.25) is 4.79 Å². The van der Waals surface area contributed by atoms with Gasteiger partial charge in [0.1, 0.15) is 30.5 Å². The van der Waals surface area contributed by atoms with Gasteiger partial charge in [-0.25, -0.2) is 0 Å². The Hall–Kier alpha value is -4.05. The second-order valence-corrected chi connectivity index (χ2v) is 18.0. The first-order valence-corrected chi connectivity index (χ1v) is 23.4. The van der Waals surface area contributed by atoms with Crippen molar-refractivity contribution in [3.05, 3.63) is 144 Å². The Morgan fingerprint density at radius 3 is 1.71 bits per heavy atom. The highest BCUT2D eigenvalue weighted by atomic mass is 16.8. The summed E-state index contributed by atoms with van der Waals surface area (Å²) in [5.74, 6) is -0.552. The van der Waals surface area contributed by atoms with Crippen LogP contribution in [-0.2, 0) is 76.7 Å². The minimum Gasteiger partial charge on any atom is -0.457 e. The first-order valence-electron chi connectivity index (χ1n) is 23.4. The summed E-state index contributed by atoms with van der Waals surface area (Å²) in [6, 6.07) is 39.9. The van der Waals surface area contributed by atoms with Crippen molar-refractivity contribution >= 4 is 5.97 Å². The molecule has 0 bridgehead atoms. The van der Waals surface area contributed by atoms with E-state index in [1.54, 1.807) is 0 Å². The van der Waals surface area contributed by atoms with Crippen LogP contribution in [0.15, 0.2) is 121 Å². The van der Waals surface area contributed by atoms with Gasteiger partial charge in [0.05, 0.1) is 45.2 Å². The van der Waals surface area contributed by atoms with Gasteiger partial charge < -0.3 is 52.1 Å². The Bertz CT molecular complexity index is 2030. The van der Waals surface area contributed by atoms with Crippen LogP contribution in [-0.4, -0.2) is 86.9 Å². The van der Waals surface area contributed by atoms with Gasteiger partial charge in [-0.15, -0.1) is 0 Å². The summed E-state index contributed by atoms with van der Waals surface area (Å²) in [5, 5.41) is 0. The molecule has 0 amide bonds. The van der Waals surface area contributed by atoms with Gasteiger partial charge in [-0.05, 0) is 34.9 Å². The fraction of sp³-hybridized carbons (Fsp3) is 0.528. The van der Waals surface area contributed by atoms with E-state index in [1.165, 1.54) is 6.92 Å². The number of rotatable bonds is 17. The van der Waals surface area contributed by atoms with E-state index in [1.807, 2.05) is 121 Å². The van der Waals surface area contributed by atoms with E-state index in [0.717, 1.165) is 28.7 Å². The zero-order chi connectivity index (χ0) is 45.3. The number of ether oxygens (including phenoxy) is 11. The highest BCUT2D eigenvalue weighted by Gasteiger charge is 2.56. The number of fused-ring (bicyclic) bond motifs is 1. The number of carbonyl (C=O) groups is 1. The lowest BCUT2D eigenvalue weighted by Crippen LogP contribution is -2.67. The average Bonchev–Trinajstić information content (AvgIpc) is 3.33. The third kappa shape index (κ3) is 11.7. The predicted octanol–water partition coefficient (Wildman–Crippen LogP) is 8.95. The number of carbonyl (C=O) groups excluding carboxylic acids is 1. The summed E-state index contributed by atoms with van der Waals surface area (Å²) in [7, 11) is 0. The standard InChI is InChI=1S/C53H66O12/c1-7-42-33(2)34(3)46(59-37(6)54)52(60-42)65-48-47-44(32-58-51(64-47)41-26-18-11-19-27-41)62-53(49(48)56-29-39-22-14-9-15-23-39)63-45-35(4)36(5)50(57-30-40-24-16-10-17-25-40)61-43(45)31-55-28-38-20-12-8-13-21-38/h8-27,33-36,42-53H,7,28-32H2,1-6H3/t33-,34?,35-,36?,42?,43?,44?,45+,46+,47-,48+,49?,50-,51?,52+,53+/m1/s1. The molecule has 4 heterocycles. The third-order valence-electron chi connectivity index (χ3n) is 13.5. The van der Waals surface area contributed by atoms with Crippen LogP contribution in [0.4, 0.5) is 0 Å². The van der Waals surface area contributed by atoms with Crippen molar-refractivity contribution in [1.29, 1.82) is 0 Å². The maximum Gasteiger partial charge on any atom is 0.303 e. The molecule has 0 radical (unpaired) electrons. The molecule has 65 heavy (non-hydrogen) atoms. The molecule has 0 aliphatic carbocycles. The molecule has 0 saturated carbocycles. The maximum atomic E-state index is 12.7. The Labute approximate surface area is 384 Å². The average molecular weight is 895 g/mol. The van der Waals surface area contributed by atoms with Crippen LogP contribution in [0.2, 0.25) is 0 Å². The molecule has 12 heteroatoms. The summed E-state index contributed by atoms with van der Waals surface area (Å²) in [6.45, 7) is 13.4. The maximum absolute atomic E-state index is 12.7. The van der Waals surface area contributed by atoms with E-state index in [9.17, 15) is 4.79 Å². The summed E-state index contributed by atoms with van der Waals surface area (Å²) >= 11 is 0. The summed E-state index contributed by atoms with van der Waals surface area (Å²) < 4.78 is 74.2. The molecule has 4 aromatic rings. The molecule has 0 aromatic heterocycles. The largest absolute Gasteiger partial charge is 0.457 e. The van der Waals surface area contributed by atoms with Crippen molar-refractivity contribution in [3.63, 3.8) is 0 Å². The van der Waals surface area contributed by atoms with E-state index in [0.29, 0.717) is 13.2 Å². The Balaban J connectivity index is 1.13. The third-order valence-corrected chi connectivity index (χ3v) is 13.5. The van der Waals surface area contributed by atoms with Gasteiger partial charge in [-0.2, -0.15) is 0 Å². The fourth-order valence-electron chi connectivity index (χ4n) is 9.45. The van der Waals surface area contributed by atoms with Crippen molar-refractivity contribution in [2.75, 3.05) is 13.2 Å². The van der Waals surface area contributed by atoms with E-state index < -0.39 is 73.9 Å². The number of hydrogen-bond donors (Lipinski definition) is 0. The monoisotopic (exact) mass is 894 g/mol. The highest BCUT2D eigenvalue weighted by Crippen LogP contribution is 2.43. The summed E-state index contributed by atoms with van der Waals surface area (Å²) in [4.78, 5) is 12.7. The zero-order valence-electron chi connectivity index (χ0n) is 38.4. The first-order chi connectivity index (χ1) is 31.7. The lowest BCUT2D eigenvalue weighted by molar-refractivity contribution is -0.405. The SMILES string of the molecule is CCC1O[C@@H](O[C@@H]2C(OCc3ccccc3)[C@H](O[C@@H]3C(COCc4ccccc4)O[C@@H](OCc4ccccc4)C(C)[C@H]3C)OC3COC(c4ccccc4)O[C@H]32)[C@@H](OC(C)=O)C(C)[C@H]1C. The van der Waals surface area contributed by atoms with Crippen LogP contribution < -0.4 is 0 Å². The Morgan fingerprint density at radius 2 is 1.09 bits per heavy atom. The molecule has 4 fully saturated rings. The molecular formula is C53H66O12. The number of benzene rings is 4. The van der Waals surface area contributed by atoms with Crippen LogP contribution in [0.3, 0.4) is 0 Å². The van der Waals surface area contributed by atoms with Crippen molar-refractivity contribution in [2.24, 2.45) is 23.7 Å². The van der Waals surface area contributed by atoms with Crippen molar-refractivity contribution in [2.45, 2.75) is 142 Å². The van der Waals surface area contributed by atoms with Gasteiger partial charge in [-0.1, -0.05) is 156 Å². The molecule has 4 aliphatic rings. The van der Waals surface area contributed by atoms with Crippen LogP contribution >= 0.6 is 0 Å². The molecule has 8 rings (SSSR count). The first kappa shape index (κ1) is 47.4. The predicted molar refractivity (Wildman–Crippen MR) is 241 cm³/mol. The lowest BCUT2D eigenvalue weighted by atomic mass is 9.82. The summed E-state index contributed by atoms with van der Waals surface area (Å²) in [6.07, 6.45) is -7.40. The molecule has 4 saturated heterocycles. The van der Waals surface area contributed by atoms with E-state index in [4.69, 9.17) is 52.1 Å². The van der Waals surface area contributed by atoms with Crippen LogP contribution in [0.25, 0.3) is 0 Å². The molecule has 0 N–H and O–H groups in total. The second-order valence-electron chi connectivity index (χ2n) is 18.0. The molecule has 4 aromatic carbocycles. The van der Waals surface area contributed by atoms with Gasteiger partial charge in [0.2, 0.25) is 0 Å². The van der Waals surface area contributed by atoms with Crippen molar-refractivity contribution in [1.82, 2.24) is 0 Å². The van der Waals surface area contributed by atoms with Crippen LogP contribution in [0.1, 0.15) is 76.5 Å². The molecule has 12 nitrogen and oxygen atoms in total. The van der Waals surface area contributed by atoms with E-state index >= 15 is 0 Å². The lowest BCUT2D eigenvalue weighted by Gasteiger charge is -2.53. The minimum atomic E-state index is -0.999. The molecule has 4 aliphatic heterocycles. The Kier molecular flexibility index (Phi) is 16.5. The van der Waals surface area contributed by atoms with Gasteiger partial charge >= 0.3 is 5.97 Å². The van der Waals surface area contributed by atoms with Crippen LogP contribution in [0.5, 0.6) is 0 Å². The molecule has 350 valence electrons. The fourth-order valence-corrected chi connectivity index (χ4v) is 9.45. The number of esters is 1. The molecule has 16 atom stereocenters. The summed E-state index contributed by atoms with van der Waals surface area (Å²) in [5.41, 5.74) is 3.91. The van der Waals surface area contributed by atoms with Crippen molar-refractivity contribution < 1.29 is 56.9 Å². The van der Waals surface area contributed by atoms with Crippen molar-refractivity contribution in [3.8, 4) is 0 Å². The van der Waals surface area contributed by atoms with Gasteiger partial charge in [0.25, 0.3) is 0 Å². The highest BCUT2D eigenvalue weighted by molar-refractivity contribution is 5.66. The molecule has 0 spiro atoms. The molecular weight excluding hydrogens is 829 g/mol. The topological polar surface area (TPSA) is 119 Å². The zero-order valence-corrected chi connectivity index (χ0v) is 38.4. The smallest absolute Gasteiger partial charge is 0.303 e. The van der Waals surface area contributed by atoms with E-state index in [-0.39, 0.29) is 49.6 Å². The minimum absolute atomic E-state index is 0.0722. The Morgan fingerprint density at radius 1 is 0.554 bits per heavy atom. The molecule has 7 unspecified atom stereocenters.